The molecule has 2 unspecified atom stereocenters. The van der Waals surface area contributed by atoms with Crippen molar-refractivity contribution in [3.8, 4) is 0 Å². The van der Waals surface area contributed by atoms with Crippen LogP contribution in [0.3, 0.4) is 0 Å². The van der Waals surface area contributed by atoms with Crippen molar-refractivity contribution in [1.82, 2.24) is 4.90 Å². The number of piperidine rings is 1. The monoisotopic (exact) mass is 316 g/mol. The minimum Gasteiger partial charge on any atom is -0.456 e. The van der Waals surface area contributed by atoms with Crippen LogP contribution in [0.25, 0.3) is 0 Å². The van der Waals surface area contributed by atoms with E-state index < -0.39 is 0 Å². The maximum atomic E-state index is 12.6. The van der Waals surface area contributed by atoms with Gasteiger partial charge in [0.05, 0.1) is 6.10 Å². The van der Waals surface area contributed by atoms with Crippen LogP contribution in [0.1, 0.15) is 41.6 Å². The van der Waals surface area contributed by atoms with Gasteiger partial charge in [-0.15, -0.1) is 12.4 Å². The van der Waals surface area contributed by atoms with E-state index in [9.17, 15) is 4.79 Å². The van der Waals surface area contributed by atoms with Crippen LogP contribution in [0, 0.1) is 6.92 Å². The number of methoxy groups -OCH3 is 1. The molecule has 0 radical (unpaired) electrons. The Morgan fingerprint density at radius 3 is 2.81 bits per heavy atom. The Morgan fingerprint density at radius 2 is 2.29 bits per heavy atom. The number of hydrogen-bond donors (Lipinski definition) is 1. The lowest BCUT2D eigenvalue weighted by molar-refractivity contribution is 0.0123. The van der Waals surface area contributed by atoms with Crippen LogP contribution in [0.2, 0.25) is 0 Å². The Hall–Kier alpha value is -1.04. The molecular weight excluding hydrogens is 292 g/mol. The zero-order valence-electron chi connectivity index (χ0n) is 12.9. The fraction of sp³-hybridized carbons (Fsp3) is 0.667. The molecule has 0 aliphatic carbocycles. The van der Waals surface area contributed by atoms with Gasteiger partial charge < -0.3 is 19.8 Å². The van der Waals surface area contributed by atoms with Crippen molar-refractivity contribution in [3.63, 3.8) is 0 Å². The number of halogens is 1. The van der Waals surface area contributed by atoms with Gasteiger partial charge in [0.2, 0.25) is 0 Å². The molecule has 1 aromatic heterocycles. The summed E-state index contributed by atoms with van der Waals surface area (Å²) in [6.07, 6.45) is 2.63. The minimum absolute atomic E-state index is 0. The SMILES string of the molecule is CCc1oc(C(=O)N2CCC(OC)CC2CN)cc1C.Cl. The normalized spacial score (nSPS) is 22.0. The summed E-state index contributed by atoms with van der Waals surface area (Å²) >= 11 is 0. The number of nitrogens with zero attached hydrogens (tertiary/aromatic N) is 1. The molecule has 1 fully saturated rings. The first-order valence-electron chi connectivity index (χ1n) is 7.23. The lowest BCUT2D eigenvalue weighted by atomic mass is 9.99. The highest BCUT2D eigenvalue weighted by Crippen LogP contribution is 2.23. The maximum Gasteiger partial charge on any atom is 0.289 e. The zero-order valence-corrected chi connectivity index (χ0v) is 13.7. The maximum absolute atomic E-state index is 12.6. The number of likely N-dealkylation sites (tertiary alicyclic amines) is 1. The number of carbonyl (C=O) groups excluding carboxylic acids is 1. The Labute approximate surface area is 132 Å². The molecule has 0 spiro atoms. The zero-order chi connectivity index (χ0) is 14.7. The average molecular weight is 317 g/mol. The Morgan fingerprint density at radius 1 is 1.57 bits per heavy atom. The molecule has 0 aromatic carbocycles. The summed E-state index contributed by atoms with van der Waals surface area (Å²) in [4.78, 5) is 14.4. The van der Waals surface area contributed by atoms with Crippen LogP contribution in [0.4, 0.5) is 0 Å². The van der Waals surface area contributed by atoms with Crippen LogP contribution < -0.4 is 5.73 Å². The van der Waals surface area contributed by atoms with Crippen molar-refractivity contribution in [2.24, 2.45) is 5.73 Å². The van der Waals surface area contributed by atoms with E-state index in [0.29, 0.717) is 18.8 Å². The third kappa shape index (κ3) is 3.78. The Bertz CT molecular complexity index is 475. The van der Waals surface area contributed by atoms with E-state index in [-0.39, 0.29) is 30.5 Å². The highest BCUT2D eigenvalue weighted by molar-refractivity contribution is 5.92. The van der Waals surface area contributed by atoms with Crippen LogP contribution in [-0.2, 0) is 11.2 Å². The molecule has 1 amide bonds. The van der Waals surface area contributed by atoms with Gasteiger partial charge in [-0.25, -0.2) is 0 Å². The molecule has 1 saturated heterocycles. The summed E-state index contributed by atoms with van der Waals surface area (Å²) in [6.45, 7) is 5.11. The first-order valence-corrected chi connectivity index (χ1v) is 7.23. The molecule has 0 bridgehead atoms. The standard InChI is InChI=1S/C15H24N2O3.ClH/c1-4-13-10(2)7-14(20-13)15(18)17-6-5-12(19-3)8-11(17)9-16;/h7,11-12H,4-6,8-9,16H2,1-3H3;1H. The van der Waals surface area contributed by atoms with E-state index in [1.165, 1.54) is 0 Å². The van der Waals surface area contributed by atoms with Gasteiger partial charge in [-0.3, -0.25) is 4.79 Å². The molecule has 2 heterocycles. The van der Waals surface area contributed by atoms with E-state index >= 15 is 0 Å². The first kappa shape index (κ1) is 18.0. The summed E-state index contributed by atoms with van der Waals surface area (Å²) in [6, 6.07) is 1.86. The van der Waals surface area contributed by atoms with Crippen molar-refractivity contribution in [2.45, 2.75) is 45.3 Å². The predicted molar refractivity (Wildman–Crippen MR) is 84.0 cm³/mol. The fourth-order valence-corrected chi connectivity index (χ4v) is 2.84. The van der Waals surface area contributed by atoms with Crippen molar-refractivity contribution in [1.29, 1.82) is 0 Å². The van der Waals surface area contributed by atoms with Gasteiger partial charge in [-0.05, 0) is 31.4 Å². The summed E-state index contributed by atoms with van der Waals surface area (Å²) in [5.41, 5.74) is 6.84. The second-order valence-electron chi connectivity index (χ2n) is 5.34. The highest BCUT2D eigenvalue weighted by atomic mass is 35.5. The average Bonchev–Trinajstić information content (AvgIpc) is 2.86. The van der Waals surface area contributed by atoms with Gasteiger partial charge >= 0.3 is 0 Å². The molecule has 1 aromatic rings. The second-order valence-corrected chi connectivity index (χ2v) is 5.34. The van der Waals surface area contributed by atoms with Crippen LogP contribution in [0.5, 0.6) is 0 Å². The number of ether oxygens (including phenoxy) is 1. The number of amides is 1. The van der Waals surface area contributed by atoms with Gasteiger partial charge in [0.15, 0.2) is 5.76 Å². The molecule has 1 aliphatic rings. The largest absolute Gasteiger partial charge is 0.456 e. The fourth-order valence-electron chi connectivity index (χ4n) is 2.84. The molecule has 1 aliphatic heterocycles. The van der Waals surface area contributed by atoms with Gasteiger partial charge in [0.1, 0.15) is 5.76 Å². The van der Waals surface area contributed by atoms with E-state index in [1.807, 2.05) is 24.8 Å². The highest BCUT2D eigenvalue weighted by Gasteiger charge is 2.32. The van der Waals surface area contributed by atoms with Gasteiger partial charge in [0.25, 0.3) is 5.91 Å². The molecule has 2 rings (SSSR count). The molecular formula is C15H25ClN2O3. The van der Waals surface area contributed by atoms with E-state index in [1.54, 1.807) is 7.11 Å². The number of hydrogen-bond acceptors (Lipinski definition) is 4. The molecule has 21 heavy (non-hydrogen) atoms. The number of nitrogens with two attached hydrogens (primary N) is 1. The third-order valence-electron chi connectivity index (χ3n) is 4.09. The topological polar surface area (TPSA) is 68.7 Å². The molecule has 2 atom stereocenters. The molecule has 5 nitrogen and oxygen atoms in total. The van der Waals surface area contributed by atoms with E-state index in [2.05, 4.69) is 0 Å². The Balaban J connectivity index is 0.00000220. The van der Waals surface area contributed by atoms with Gasteiger partial charge in [-0.2, -0.15) is 0 Å². The molecule has 0 saturated carbocycles. The quantitative estimate of drug-likeness (QED) is 0.924. The van der Waals surface area contributed by atoms with Crippen molar-refractivity contribution in [2.75, 3.05) is 20.2 Å². The molecule has 6 heteroatoms. The van der Waals surface area contributed by atoms with Crippen LogP contribution in [0.15, 0.2) is 10.5 Å². The Kier molecular flexibility index (Phi) is 6.71. The van der Waals surface area contributed by atoms with Crippen molar-refractivity contribution >= 4 is 18.3 Å². The smallest absolute Gasteiger partial charge is 0.289 e. The van der Waals surface area contributed by atoms with Gasteiger partial charge in [-0.1, -0.05) is 6.92 Å². The summed E-state index contributed by atoms with van der Waals surface area (Å²) in [7, 11) is 1.71. The van der Waals surface area contributed by atoms with Crippen molar-refractivity contribution < 1.29 is 13.9 Å². The molecule has 120 valence electrons. The minimum atomic E-state index is -0.0576. The third-order valence-corrected chi connectivity index (χ3v) is 4.09. The summed E-state index contributed by atoms with van der Waals surface area (Å²) in [5, 5.41) is 0. The number of carbonyl (C=O) groups is 1. The van der Waals surface area contributed by atoms with E-state index in [0.717, 1.165) is 30.6 Å². The van der Waals surface area contributed by atoms with E-state index in [4.69, 9.17) is 14.9 Å². The van der Waals surface area contributed by atoms with Crippen molar-refractivity contribution in [3.05, 3.63) is 23.2 Å². The second kappa shape index (κ2) is 7.82. The summed E-state index contributed by atoms with van der Waals surface area (Å²) < 4.78 is 11.0. The van der Waals surface area contributed by atoms with Crippen LogP contribution in [-0.4, -0.2) is 43.2 Å². The first-order chi connectivity index (χ1) is 9.60. The van der Waals surface area contributed by atoms with Gasteiger partial charge in [0, 0.05) is 32.7 Å². The number of rotatable bonds is 4. The number of furan rings is 1. The predicted octanol–water partition coefficient (Wildman–Crippen LogP) is 2.15. The van der Waals surface area contributed by atoms with Crippen LogP contribution >= 0.6 is 12.4 Å². The lowest BCUT2D eigenvalue weighted by Gasteiger charge is -2.38. The number of aryl methyl sites for hydroxylation is 2. The lowest BCUT2D eigenvalue weighted by Crippen LogP contribution is -2.51. The summed E-state index contributed by atoms with van der Waals surface area (Å²) in [5.74, 6) is 1.25. The molecule has 2 N–H and O–H groups in total.